The topological polar surface area (TPSA) is 73.5 Å². The summed E-state index contributed by atoms with van der Waals surface area (Å²) < 4.78 is 13.5. The number of rotatable bonds is 6. The van der Waals surface area contributed by atoms with Crippen molar-refractivity contribution in [2.45, 2.75) is 44.9 Å². The second kappa shape index (κ2) is 8.98. The maximum Gasteiger partial charge on any atom is 0.295 e. The van der Waals surface area contributed by atoms with Crippen LogP contribution in [0.5, 0.6) is 0 Å². The molecule has 6 nitrogen and oxygen atoms in total. The first kappa shape index (κ1) is 20.6. The molecular formula is C23H28FN3O3. The Balaban J connectivity index is 1.54. The van der Waals surface area contributed by atoms with Crippen LogP contribution in [0.2, 0.25) is 0 Å². The van der Waals surface area contributed by atoms with Gasteiger partial charge in [-0.2, -0.15) is 0 Å². The van der Waals surface area contributed by atoms with Crippen molar-refractivity contribution in [3.8, 4) is 0 Å². The van der Waals surface area contributed by atoms with E-state index in [0.717, 1.165) is 38.5 Å². The summed E-state index contributed by atoms with van der Waals surface area (Å²) >= 11 is 0. The standard InChI is InChI=1S/C23H28FN3O3/c24-17-8-9-18-19(13-25-20(18)12-17)22(29)23(30)27(14-16-6-2-1-3-7-16)15-21(28)26-10-4-5-11-26/h8-9,12-13,16,25H,1-7,10-11,14-15H2. The number of aromatic amines is 1. The Kier molecular flexibility index (Phi) is 6.16. The highest BCUT2D eigenvalue weighted by Crippen LogP contribution is 2.26. The Hall–Kier alpha value is -2.70. The van der Waals surface area contributed by atoms with E-state index in [9.17, 15) is 18.8 Å². The molecule has 2 fully saturated rings. The van der Waals surface area contributed by atoms with E-state index in [2.05, 4.69) is 4.98 Å². The zero-order chi connectivity index (χ0) is 21.1. The van der Waals surface area contributed by atoms with Gasteiger partial charge in [0.2, 0.25) is 5.91 Å². The third kappa shape index (κ3) is 4.40. The summed E-state index contributed by atoms with van der Waals surface area (Å²) in [4.78, 5) is 45.1. The maximum absolute atomic E-state index is 13.5. The molecule has 160 valence electrons. The minimum absolute atomic E-state index is 0.0575. The molecule has 1 aromatic heterocycles. The lowest BCUT2D eigenvalue weighted by molar-refractivity contribution is -0.138. The van der Waals surface area contributed by atoms with Gasteiger partial charge in [-0.15, -0.1) is 0 Å². The minimum atomic E-state index is -0.655. The molecule has 2 amide bonds. The van der Waals surface area contributed by atoms with E-state index in [1.54, 1.807) is 4.90 Å². The van der Waals surface area contributed by atoms with Crippen molar-refractivity contribution in [2.24, 2.45) is 5.92 Å². The average Bonchev–Trinajstić information content (AvgIpc) is 3.43. The summed E-state index contributed by atoms with van der Waals surface area (Å²) in [6.07, 6.45) is 8.88. The van der Waals surface area contributed by atoms with Crippen LogP contribution >= 0.6 is 0 Å². The van der Waals surface area contributed by atoms with Crippen LogP contribution in [0.4, 0.5) is 4.39 Å². The highest BCUT2D eigenvalue weighted by molar-refractivity contribution is 6.45. The number of aromatic nitrogens is 1. The molecule has 4 rings (SSSR count). The molecule has 1 saturated heterocycles. The molecule has 7 heteroatoms. The molecule has 0 atom stereocenters. The highest BCUT2D eigenvalue weighted by atomic mass is 19.1. The number of likely N-dealkylation sites (tertiary alicyclic amines) is 1. The Morgan fingerprint density at radius 1 is 1.07 bits per heavy atom. The number of nitrogens with one attached hydrogen (secondary N) is 1. The number of H-pyrrole nitrogens is 1. The van der Waals surface area contributed by atoms with Crippen LogP contribution in [0.15, 0.2) is 24.4 Å². The third-order valence-corrected chi connectivity index (χ3v) is 6.36. The number of carbonyl (C=O) groups excluding carboxylic acids is 3. The molecule has 1 aliphatic heterocycles. The highest BCUT2D eigenvalue weighted by Gasteiger charge is 2.31. The summed E-state index contributed by atoms with van der Waals surface area (Å²) in [5.74, 6) is -1.49. The third-order valence-electron chi connectivity index (χ3n) is 6.36. The van der Waals surface area contributed by atoms with Crippen molar-refractivity contribution < 1.29 is 18.8 Å². The van der Waals surface area contributed by atoms with Gasteiger partial charge in [0.05, 0.1) is 5.56 Å². The van der Waals surface area contributed by atoms with Gasteiger partial charge in [-0.05, 0) is 49.8 Å². The summed E-state index contributed by atoms with van der Waals surface area (Å²) in [6, 6.07) is 4.07. The Morgan fingerprint density at radius 2 is 1.80 bits per heavy atom. The second-order valence-electron chi connectivity index (χ2n) is 8.50. The number of carbonyl (C=O) groups is 3. The Morgan fingerprint density at radius 3 is 2.53 bits per heavy atom. The lowest BCUT2D eigenvalue weighted by atomic mass is 9.89. The SMILES string of the molecule is O=C(C(=O)N(CC(=O)N1CCCC1)CC1CCCCC1)c1c[nH]c2cc(F)ccc12. The van der Waals surface area contributed by atoms with E-state index in [1.807, 2.05) is 0 Å². The Labute approximate surface area is 175 Å². The van der Waals surface area contributed by atoms with Gasteiger partial charge >= 0.3 is 0 Å². The summed E-state index contributed by atoms with van der Waals surface area (Å²) in [5.41, 5.74) is 0.690. The molecule has 0 spiro atoms. The predicted octanol–water partition coefficient (Wildman–Crippen LogP) is 3.52. The van der Waals surface area contributed by atoms with E-state index in [1.165, 1.54) is 35.7 Å². The van der Waals surface area contributed by atoms with E-state index in [4.69, 9.17) is 0 Å². The molecule has 30 heavy (non-hydrogen) atoms. The number of ketones is 1. The maximum atomic E-state index is 13.5. The van der Waals surface area contributed by atoms with Crippen molar-refractivity contribution in [3.05, 3.63) is 35.8 Å². The largest absolute Gasteiger partial charge is 0.360 e. The first-order chi connectivity index (χ1) is 14.5. The lowest BCUT2D eigenvalue weighted by Gasteiger charge is -2.30. The van der Waals surface area contributed by atoms with E-state index < -0.39 is 17.5 Å². The summed E-state index contributed by atoms with van der Waals surface area (Å²) in [6.45, 7) is 1.80. The number of halogens is 1. The van der Waals surface area contributed by atoms with Crippen LogP contribution in [-0.4, -0.2) is 58.6 Å². The van der Waals surface area contributed by atoms with E-state index in [0.29, 0.717) is 36.5 Å². The average molecular weight is 413 g/mol. The van der Waals surface area contributed by atoms with Crippen LogP contribution in [0, 0.1) is 11.7 Å². The normalized spacial score (nSPS) is 17.4. The lowest BCUT2D eigenvalue weighted by Crippen LogP contribution is -2.46. The summed E-state index contributed by atoms with van der Waals surface area (Å²) in [5, 5.41) is 0.512. The zero-order valence-electron chi connectivity index (χ0n) is 17.2. The fraction of sp³-hybridized carbons (Fsp3) is 0.522. The van der Waals surface area contributed by atoms with Crippen LogP contribution in [0.3, 0.4) is 0 Å². The molecule has 1 aromatic carbocycles. The van der Waals surface area contributed by atoms with Crippen molar-refractivity contribution in [1.29, 1.82) is 0 Å². The molecule has 2 heterocycles. The molecule has 1 aliphatic carbocycles. The quantitative estimate of drug-likeness (QED) is 0.582. The number of hydrogen-bond acceptors (Lipinski definition) is 3. The molecule has 1 saturated carbocycles. The molecule has 2 aromatic rings. The van der Waals surface area contributed by atoms with Crippen LogP contribution in [-0.2, 0) is 9.59 Å². The number of fused-ring (bicyclic) bond motifs is 1. The van der Waals surface area contributed by atoms with Gasteiger partial charge < -0.3 is 14.8 Å². The van der Waals surface area contributed by atoms with Gasteiger partial charge in [0.25, 0.3) is 11.7 Å². The van der Waals surface area contributed by atoms with Crippen LogP contribution < -0.4 is 0 Å². The fourth-order valence-corrected chi connectivity index (χ4v) is 4.68. The van der Waals surface area contributed by atoms with Gasteiger partial charge in [-0.1, -0.05) is 19.3 Å². The zero-order valence-corrected chi connectivity index (χ0v) is 17.2. The smallest absolute Gasteiger partial charge is 0.295 e. The minimum Gasteiger partial charge on any atom is -0.360 e. The van der Waals surface area contributed by atoms with Gasteiger partial charge in [0.15, 0.2) is 0 Å². The molecule has 2 aliphatic rings. The molecule has 0 bridgehead atoms. The first-order valence-corrected chi connectivity index (χ1v) is 10.9. The Bertz CT molecular complexity index is 942. The van der Waals surface area contributed by atoms with Crippen molar-refractivity contribution in [1.82, 2.24) is 14.8 Å². The number of benzene rings is 1. The van der Waals surface area contributed by atoms with Gasteiger partial charge in [0, 0.05) is 36.7 Å². The summed E-state index contributed by atoms with van der Waals surface area (Å²) in [7, 11) is 0. The van der Waals surface area contributed by atoms with Crippen molar-refractivity contribution in [2.75, 3.05) is 26.2 Å². The van der Waals surface area contributed by atoms with E-state index in [-0.39, 0.29) is 18.0 Å². The van der Waals surface area contributed by atoms with Crippen LogP contribution in [0.25, 0.3) is 10.9 Å². The van der Waals surface area contributed by atoms with Gasteiger partial charge in [0.1, 0.15) is 12.4 Å². The molecule has 0 radical (unpaired) electrons. The molecular weight excluding hydrogens is 385 g/mol. The second-order valence-corrected chi connectivity index (χ2v) is 8.50. The van der Waals surface area contributed by atoms with E-state index >= 15 is 0 Å². The number of amides is 2. The van der Waals surface area contributed by atoms with Gasteiger partial charge in [-0.25, -0.2) is 4.39 Å². The number of hydrogen-bond donors (Lipinski definition) is 1. The molecule has 1 N–H and O–H groups in total. The predicted molar refractivity (Wildman–Crippen MR) is 112 cm³/mol. The monoisotopic (exact) mass is 413 g/mol. The van der Waals surface area contributed by atoms with Crippen molar-refractivity contribution in [3.63, 3.8) is 0 Å². The van der Waals surface area contributed by atoms with Gasteiger partial charge in [-0.3, -0.25) is 14.4 Å². The fourth-order valence-electron chi connectivity index (χ4n) is 4.68. The van der Waals surface area contributed by atoms with Crippen LogP contribution in [0.1, 0.15) is 55.3 Å². The number of nitrogens with zero attached hydrogens (tertiary/aromatic N) is 2. The van der Waals surface area contributed by atoms with Crippen molar-refractivity contribution >= 4 is 28.5 Å². The number of Topliss-reactive ketones (excluding diaryl/α,β-unsaturated/α-hetero) is 1. The first-order valence-electron chi connectivity index (χ1n) is 10.9. The molecule has 0 unspecified atom stereocenters.